The van der Waals surface area contributed by atoms with Gasteiger partial charge in [-0.25, -0.2) is 4.79 Å². The van der Waals surface area contributed by atoms with Crippen molar-refractivity contribution in [3.8, 4) is 0 Å². The molecule has 0 heterocycles. The van der Waals surface area contributed by atoms with Crippen LogP contribution in [0, 0.1) is 0 Å². The fraction of sp³-hybridized carbons (Fsp3) is 0.724. The summed E-state index contributed by atoms with van der Waals surface area (Å²) in [5, 5.41) is 0. The van der Waals surface area contributed by atoms with E-state index in [0.29, 0.717) is 6.61 Å². The van der Waals surface area contributed by atoms with Gasteiger partial charge >= 0.3 is 12.1 Å². The van der Waals surface area contributed by atoms with Crippen LogP contribution in [0.1, 0.15) is 129 Å². The molecule has 0 unspecified atom stereocenters. The Morgan fingerprint density at radius 2 is 1.15 bits per heavy atom. The highest BCUT2D eigenvalue weighted by atomic mass is 16.7. The molecule has 0 aromatic heterocycles. The molecule has 0 rings (SSSR count). The summed E-state index contributed by atoms with van der Waals surface area (Å²) in [7, 11) is 0. The lowest BCUT2D eigenvalue weighted by atomic mass is 10.1. The van der Waals surface area contributed by atoms with Gasteiger partial charge in [-0.2, -0.15) is 0 Å². The topological polar surface area (TPSA) is 52.6 Å². The number of ether oxygens (including phenoxy) is 2. The van der Waals surface area contributed by atoms with Crippen molar-refractivity contribution in [1.82, 2.24) is 0 Å². The predicted molar refractivity (Wildman–Crippen MR) is 139 cm³/mol. The summed E-state index contributed by atoms with van der Waals surface area (Å²) in [6, 6.07) is 0. The SMILES string of the molecule is CC/C=C\C/C=C\C/C=C\CCCCCCCC(=O)OC(=O)OCCCCCCCCCC. The average molecular weight is 463 g/mol. The first-order valence-electron chi connectivity index (χ1n) is 13.5. The van der Waals surface area contributed by atoms with Gasteiger partial charge in [0.2, 0.25) is 0 Å². The van der Waals surface area contributed by atoms with E-state index in [4.69, 9.17) is 9.47 Å². The Labute approximate surface area is 203 Å². The minimum absolute atomic E-state index is 0.284. The molecule has 33 heavy (non-hydrogen) atoms. The van der Waals surface area contributed by atoms with Crippen LogP contribution in [-0.2, 0) is 14.3 Å². The van der Waals surface area contributed by atoms with Crippen LogP contribution in [0.25, 0.3) is 0 Å². The van der Waals surface area contributed by atoms with E-state index in [-0.39, 0.29) is 6.42 Å². The Balaban J connectivity index is 3.41. The van der Waals surface area contributed by atoms with Gasteiger partial charge in [-0.15, -0.1) is 0 Å². The molecule has 0 aromatic rings. The number of carbonyl (C=O) groups excluding carboxylic acids is 2. The second-order valence-electron chi connectivity index (χ2n) is 8.65. The molecular weight excluding hydrogens is 412 g/mol. The smallest absolute Gasteiger partial charge is 0.434 e. The van der Waals surface area contributed by atoms with E-state index < -0.39 is 12.1 Å². The molecule has 0 amide bonds. The number of carbonyl (C=O) groups is 2. The monoisotopic (exact) mass is 462 g/mol. The molecule has 4 nitrogen and oxygen atoms in total. The van der Waals surface area contributed by atoms with Gasteiger partial charge in [0.1, 0.15) is 0 Å². The van der Waals surface area contributed by atoms with Gasteiger partial charge < -0.3 is 9.47 Å². The minimum atomic E-state index is -0.845. The molecule has 0 saturated heterocycles. The summed E-state index contributed by atoms with van der Waals surface area (Å²) >= 11 is 0. The maximum atomic E-state index is 11.7. The van der Waals surface area contributed by atoms with Crippen LogP contribution in [0.5, 0.6) is 0 Å². The number of hydrogen-bond donors (Lipinski definition) is 0. The zero-order valence-corrected chi connectivity index (χ0v) is 21.5. The lowest BCUT2D eigenvalue weighted by molar-refractivity contribution is -0.139. The molecule has 4 heteroatoms. The van der Waals surface area contributed by atoms with Crippen molar-refractivity contribution in [3.05, 3.63) is 36.5 Å². The van der Waals surface area contributed by atoms with Crippen LogP contribution in [-0.4, -0.2) is 18.7 Å². The first-order valence-corrected chi connectivity index (χ1v) is 13.5. The van der Waals surface area contributed by atoms with Crippen LogP contribution < -0.4 is 0 Å². The quantitative estimate of drug-likeness (QED) is 0.0695. The van der Waals surface area contributed by atoms with Crippen LogP contribution in [0.4, 0.5) is 4.79 Å². The highest BCUT2D eigenvalue weighted by Gasteiger charge is 2.11. The summed E-state index contributed by atoms with van der Waals surface area (Å²) < 4.78 is 9.71. The molecule has 0 radical (unpaired) electrons. The lowest BCUT2D eigenvalue weighted by Gasteiger charge is -2.05. The number of rotatable bonds is 22. The number of hydrogen-bond acceptors (Lipinski definition) is 4. The second kappa shape index (κ2) is 26.4. The number of unbranched alkanes of at least 4 members (excludes halogenated alkanes) is 12. The van der Waals surface area contributed by atoms with Gasteiger partial charge in [-0.3, -0.25) is 4.79 Å². The maximum absolute atomic E-state index is 11.7. The normalized spacial score (nSPS) is 11.7. The van der Waals surface area contributed by atoms with Crippen LogP contribution in [0.2, 0.25) is 0 Å². The molecule has 0 bridgehead atoms. The first-order chi connectivity index (χ1) is 16.2. The molecule has 0 aromatic carbocycles. The Bertz CT molecular complexity index is 534. The molecule has 0 aliphatic heterocycles. The summed E-state index contributed by atoms with van der Waals surface area (Å²) in [5.74, 6) is -0.475. The molecule has 0 fully saturated rings. The molecular formula is C29H50O4. The fourth-order valence-corrected chi connectivity index (χ4v) is 3.45. The van der Waals surface area contributed by atoms with Crippen molar-refractivity contribution in [2.75, 3.05) is 6.61 Å². The Morgan fingerprint density at radius 3 is 1.82 bits per heavy atom. The lowest BCUT2D eigenvalue weighted by Crippen LogP contribution is -2.14. The Kier molecular flexibility index (Phi) is 24.9. The third-order valence-electron chi connectivity index (χ3n) is 5.45. The highest BCUT2D eigenvalue weighted by Crippen LogP contribution is 2.10. The largest absolute Gasteiger partial charge is 0.516 e. The Morgan fingerprint density at radius 1 is 0.606 bits per heavy atom. The highest BCUT2D eigenvalue weighted by molar-refractivity contribution is 5.81. The molecule has 0 saturated carbocycles. The van der Waals surface area contributed by atoms with E-state index in [1.165, 1.54) is 44.9 Å². The third kappa shape index (κ3) is 26.3. The standard InChI is InChI=1S/C29H50O4/c1-3-5-7-9-11-13-14-15-16-17-18-19-20-22-24-26-28(30)33-29(31)32-27-25-23-21-12-10-8-6-4-2/h5,7,11,13,15-16H,3-4,6,8-10,12,14,17-27H2,1-2H3/b7-5-,13-11-,16-15-. The molecule has 0 atom stereocenters. The van der Waals surface area contributed by atoms with Gasteiger partial charge in [-0.05, 0) is 44.9 Å². The average Bonchev–Trinajstić information content (AvgIpc) is 2.80. The Hall–Kier alpha value is -1.84. The number of esters is 1. The molecule has 0 spiro atoms. The van der Waals surface area contributed by atoms with E-state index in [1.54, 1.807) is 0 Å². The van der Waals surface area contributed by atoms with Gasteiger partial charge in [-0.1, -0.05) is 115 Å². The van der Waals surface area contributed by atoms with Crippen molar-refractivity contribution in [1.29, 1.82) is 0 Å². The summed E-state index contributed by atoms with van der Waals surface area (Å²) in [4.78, 5) is 23.2. The minimum Gasteiger partial charge on any atom is -0.434 e. The summed E-state index contributed by atoms with van der Waals surface area (Å²) in [6.07, 6.45) is 31.6. The van der Waals surface area contributed by atoms with Crippen molar-refractivity contribution in [2.24, 2.45) is 0 Å². The van der Waals surface area contributed by atoms with Gasteiger partial charge in [0.05, 0.1) is 6.61 Å². The van der Waals surface area contributed by atoms with E-state index >= 15 is 0 Å². The molecule has 0 aliphatic carbocycles. The zero-order chi connectivity index (χ0) is 24.2. The van der Waals surface area contributed by atoms with E-state index in [0.717, 1.165) is 64.2 Å². The van der Waals surface area contributed by atoms with Crippen molar-refractivity contribution in [2.45, 2.75) is 129 Å². The van der Waals surface area contributed by atoms with Crippen molar-refractivity contribution >= 4 is 12.1 Å². The van der Waals surface area contributed by atoms with E-state index in [2.05, 4.69) is 50.3 Å². The van der Waals surface area contributed by atoms with Gasteiger partial charge in [0.15, 0.2) is 0 Å². The fourth-order valence-electron chi connectivity index (χ4n) is 3.45. The van der Waals surface area contributed by atoms with Crippen molar-refractivity contribution in [3.63, 3.8) is 0 Å². The third-order valence-corrected chi connectivity index (χ3v) is 5.45. The number of allylic oxidation sites excluding steroid dienone is 6. The van der Waals surface area contributed by atoms with E-state index in [9.17, 15) is 9.59 Å². The zero-order valence-electron chi connectivity index (χ0n) is 21.5. The second-order valence-corrected chi connectivity index (χ2v) is 8.65. The predicted octanol–water partition coefficient (Wildman–Crippen LogP) is 9.40. The van der Waals surface area contributed by atoms with Gasteiger partial charge in [0.25, 0.3) is 0 Å². The summed E-state index contributed by atoms with van der Waals surface area (Å²) in [6.45, 7) is 4.70. The first kappa shape index (κ1) is 31.2. The van der Waals surface area contributed by atoms with Crippen LogP contribution in [0.15, 0.2) is 36.5 Å². The van der Waals surface area contributed by atoms with Crippen LogP contribution >= 0.6 is 0 Å². The molecule has 0 N–H and O–H groups in total. The van der Waals surface area contributed by atoms with Crippen molar-refractivity contribution < 1.29 is 19.1 Å². The van der Waals surface area contributed by atoms with Gasteiger partial charge in [0, 0.05) is 6.42 Å². The summed E-state index contributed by atoms with van der Waals surface area (Å²) in [5.41, 5.74) is 0. The molecule has 190 valence electrons. The van der Waals surface area contributed by atoms with Crippen LogP contribution in [0.3, 0.4) is 0 Å². The maximum Gasteiger partial charge on any atom is 0.516 e. The van der Waals surface area contributed by atoms with E-state index in [1.807, 2.05) is 0 Å². The molecule has 0 aliphatic rings.